The Morgan fingerprint density at radius 2 is 1.10 bits per heavy atom. The van der Waals surface area contributed by atoms with E-state index in [1.807, 2.05) is 21.1 Å². The van der Waals surface area contributed by atoms with Crippen LogP contribution in [0.4, 0.5) is 0 Å². The van der Waals surface area contributed by atoms with Crippen molar-refractivity contribution in [2.75, 3.05) is 34.3 Å². The summed E-state index contributed by atoms with van der Waals surface area (Å²) in [7, 11) is 1.84. The summed E-state index contributed by atoms with van der Waals surface area (Å²) in [6.07, 6.45) is 20.4. The van der Waals surface area contributed by atoms with Crippen molar-refractivity contribution in [2.45, 2.75) is 123 Å². The highest BCUT2D eigenvalue weighted by molar-refractivity contribution is 7.45. The summed E-state index contributed by atoms with van der Waals surface area (Å²) in [6.45, 7) is 4.89. The first-order valence-corrected chi connectivity index (χ1v) is 14.1. The quantitative estimate of drug-likeness (QED) is 0.103. The Hall–Kier alpha value is 0.0700. The Kier molecular flexibility index (Phi) is 18.7. The van der Waals surface area contributed by atoms with Crippen molar-refractivity contribution in [1.82, 2.24) is 0 Å². The summed E-state index contributed by atoms with van der Waals surface area (Å²) in [5, 5.41) is 0. The van der Waals surface area contributed by atoms with Crippen LogP contribution in [0.5, 0.6) is 0 Å². The number of nitrogens with zero attached hydrogens (tertiary/aromatic N) is 1. The van der Waals surface area contributed by atoms with Gasteiger partial charge >= 0.3 is 0 Å². The lowest BCUT2D eigenvalue weighted by atomic mass is 10.0. The molecule has 0 rings (SSSR count). The zero-order chi connectivity index (χ0) is 22.7. The van der Waals surface area contributed by atoms with Gasteiger partial charge in [-0.2, -0.15) is 0 Å². The summed E-state index contributed by atoms with van der Waals surface area (Å²) in [4.78, 5) is 11.9. The zero-order valence-corrected chi connectivity index (χ0v) is 21.7. The minimum atomic E-state index is -4.18. The van der Waals surface area contributed by atoms with Crippen LogP contribution in [-0.2, 0) is 13.6 Å². The smallest absolute Gasteiger partial charge is 0.268 e. The summed E-state index contributed by atoms with van der Waals surface area (Å²) in [5.74, 6) is 0. The summed E-state index contributed by atoms with van der Waals surface area (Å²) in [5.41, 5.74) is 0. The van der Waals surface area contributed by atoms with Crippen LogP contribution >= 0.6 is 7.82 Å². The van der Waals surface area contributed by atoms with E-state index < -0.39 is 7.82 Å². The largest absolute Gasteiger partial charge is 0.756 e. The molecule has 182 valence electrons. The van der Waals surface area contributed by atoms with Crippen molar-refractivity contribution in [3.8, 4) is 0 Å². The topological polar surface area (TPSA) is 58.6 Å². The molecule has 0 aliphatic rings. The van der Waals surface area contributed by atoms with E-state index in [0.717, 1.165) is 19.3 Å². The highest BCUT2D eigenvalue weighted by atomic mass is 31.2. The Balaban J connectivity index is 3.39. The summed E-state index contributed by atoms with van der Waals surface area (Å²) in [6, 6.07) is 0. The molecule has 2 atom stereocenters. The second-order valence-corrected chi connectivity index (χ2v) is 11.3. The number of phosphoric acid groups is 1. The maximum Gasteiger partial charge on any atom is 0.268 e. The number of phosphoric ester groups is 1. The van der Waals surface area contributed by atoms with Crippen LogP contribution in [0.3, 0.4) is 0 Å². The lowest BCUT2D eigenvalue weighted by Gasteiger charge is -2.31. The number of likely N-dealkylation sites (N-methyl/N-ethyl adjacent to an activating group) is 1. The fraction of sp³-hybridized carbons (Fsp3) is 1.00. The molecule has 0 N–H and O–H groups in total. The maximum atomic E-state index is 11.9. The first-order chi connectivity index (χ1) is 14.2. The van der Waals surface area contributed by atoms with Gasteiger partial charge in [0.1, 0.15) is 12.6 Å². The van der Waals surface area contributed by atoms with Crippen molar-refractivity contribution in [1.29, 1.82) is 0 Å². The van der Waals surface area contributed by atoms with E-state index in [2.05, 4.69) is 6.92 Å². The standard InChI is InChI=1S/C24H52NO4P/c1-6-7-8-9-10-11-12-13-14-15-16-17-18-19-20-21-22-28-30(26,27)29-24(2)23-25(3,4)5/h24H,6-23H2,1-5H3. The highest BCUT2D eigenvalue weighted by Gasteiger charge is 2.20. The maximum absolute atomic E-state index is 11.9. The lowest BCUT2D eigenvalue weighted by Crippen LogP contribution is -2.41. The van der Waals surface area contributed by atoms with Crippen molar-refractivity contribution in [3.63, 3.8) is 0 Å². The molecule has 2 unspecified atom stereocenters. The van der Waals surface area contributed by atoms with Gasteiger partial charge in [0.05, 0.1) is 27.7 Å². The average Bonchev–Trinajstić information content (AvgIpc) is 2.62. The Morgan fingerprint density at radius 3 is 1.47 bits per heavy atom. The Labute approximate surface area is 188 Å². The summed E-state index contributed by atoms with van der Waals surface area (Å²) >= 11 is 0. The van der Waals surface area contributed by atoms with Crippen molar-refractivity contribution < 1.29 is 23.0 Å². The molecule has 0 bridgehead atoms. The van der Waals surface area contributed by atoms with E-state index in [1.54, 1.807) is 6.92 Å². The van der Waals surface area contributed by atoms with Crippen LogP contribution in [0.2, 0.25) is 0 Å². The molecule has 0 heterocycles. The van der Waals surface area contributed by atoms with E-state index in [9.17, 15) is 9.46 Å². The monoisotopic (exact) mass is 449 g/mol. The predicted molar refractivity (Wildman–Crippen MR) is 127 cm³/mol. The van der Waals surface area contributed by atoms with Gasteiger partial charge in [0.25, 0.3) is 7.82 Å². The number of rotatable bonds is 22. The van der Waals surface area contributed by atoms with Gasteiger partial charge in [-0.05, 0) is 13.3 Å². The molecule has 0 fully saturated rings. The SMILES string of the molecule is CCCCCCCCCCCCCCCCCCOP(=O)([O-])OC(C)C[N+](C)(C)C. The first kappa shape index (κ1) is 30.1. The minimum absolute atomic E-state index is 0.232. The van der Waals surface area contributed by atoms with Crippen molar-refractivity contribution in [2.24, 2.45) is 0 Å². The van der Waals surface area contributed by atoms with E-state index in [1.165, 1.54) is 83.5 Å². The second-order valence-electron chi connectivity index (χ2n) is 9.97. The van der Waals surface area contributed by atoms with E-state index in [-0.39, 0.29) is 12.7 Å². The van der Waals surface area contributed by atoms with Crippen LogP contribution in [0, 0.1) is 0 Å². The molecule has 0 radical (unpaired) electrons. The molecule has 5 nitrogen and oxygen atoms in total. The molecule has 0 aromatic heterocycles. The van der Waals surface area contributed by atoms with Crippen LogP contribution in [0.25, 0.3) is 0 Å². The normalized spacial score (nSPS) is 15.3. The van der Waals surface area contributed by atoms with Gasteiger partial charge < -0.3 is 18.4 Å². The summed E-state index contributed by atoms with van der Waals surface area (Å²) < 4.78 is 22.6. The third-order valence-electron chi connectivity index (χ3n) is 5.36. The zero-order valence-electron chi connectivity index (χ0n) is 20.8. The molecular formula is C24H52NO4P. The van der Waals surface area contributed by atoms with Gasteiger partial charge in [-0.1, -0.05) is 103 Å². The number of quaternary nitrogens is 1. The molecule has 0 aromatic carbocycles. The van der Waals surface area contributed by atoms with Gasteiger partial charge in [-0.3, -0.25) is 4.57 Å². The molecule has 0 aromatic rings. The van der Waals surface area contributed by atoms with Gasteiger partial charge in [0.2, 0.25) is 0 Å². The fourth-order valence-electron chi connectivity index (χ4n) is 3.88. The predicted octanol–water partition coefficient (Wildman–Crippen LogP) is 6.84. The van der Waals surface area contributed by atoms with Crippen LogP contribution in [0.15, 0.2) is 0 Å². The van der Waals surface area contributed by atoms with Crippen LogP contribution in [-0.4, -0.2) is 44.9 Å². The van der Waals surface area contributed by atoms with E-state index in [0.29, 0.717) is 11.0 Å². The molecule has 30 heavy (non-hydrogen) atoms. The molecular weight excluding hydrogens is 397 g/mol. The number of hydrogen-bond acceptors (Lipinski definition) is 4. The third kappa shape index (κ3) is 22.7. The molecule has 0 amide bonds. The lowest BCUT2D eigenvalue weighted by molar-refractivity contribution is -0.873. The van der Waals surface area contributed by atoms with Crippen molar-refractivity contribution >= 4 is 7.82 Å². The molecule has 0 aliphatic heterocycles. The van der Waals surface area contributed by atoms with Crippen molar-refractivity contribution in [3.05, 3.63) is 0 Å². The molecule has 0 aliphatic carbocycles. The van der Waals surface area contributed by atoms with E-state index >= 15 is 0 Å². The van der Waals surface area contributed by atoms with E-state index in [4.69, 9.17) is 9.05 Å². The molecule has 0 saturated heterocycles. The van der Waals surface area contributed by atoms with Gasteiger partial charge in [-0.15, -0.1) is 0 Å². The minimum Gasteiger partial charge on any atom is -0.756 e. The number of hydrogen-bond donors (Lipinski definition) is 0. The first-order valence-electron chi connectivity index (χ1n) is 12.6. The fourth-order valence-corrected chi connectivity index (χ4v) is 4.80. The Bertz CT molecular complexity index is 426. The number of unbranched alkanes of at least 4 members (excludes halogenated alkanes) is 15. The highest BCUT2D eigenvalue weighted by Crippen LogP contribution is 2.40. The molecule has 6 heteroatoms. The molecule has 0 spiro atoms. The second kappa shape index (κ2) is 18.6. The van der Waals surface area contributed by atoms with Crippen LogP contribution in [0.1, 0.15) is 117 Å². The average molecular weight is 450 g/mol. The Morgan fingerprint density at radius 1 is 0.733 bits per heavy atom. The van der Waals surface area contributed by atoms with Gasteiger partial charge in [0, 0.05) is 0 Å². The van der Waals surface area contributed by atoms with Gasteiger partial charge in [-0.25, -0.2) is 0 Å². The molecule has 0 saturated carbocycles. The third-order valence-corrected chi connectivity index (χ3v) is 6.48. The van der Waals surface area contributed by atoms with Crippen LogP contribution < -0.4 is 4.89 Å². The van der Waals surface area contributed by atoms with Gasteiger partial charge in [0.15, 0.2) is 0 Å².